The third-order valence-electron chi connectivity index (χ3n) is 4.71. The van der Waals surface area contributed by atoms with Gasteiger partial charge in [0.05, 0.1) is 5.41 Å². The van der Waals surface area contributed by atoms with Crippen LogP contribution < -0.4 is 10.2 Å². The highest BCUT2D eigenvalue weighted by atomic mass is 16.2. The predicted octanol–water partition coefficient (Wildman–Crippen LogP) is 1.97. The van der Waals surface area contributed by atoms with Crippen molar-refractivity contribution >= 4 is 17.6 Å². The van der Waals surface area contributed by atoms with E-state index in [1.54, 1.807) is 9.80 Å². The summed E-state index contributed by atoms with van der Waals surface area (Å²) in [6, 6.07) is 7.85. The molecule has 0 saturated carbocycles. The molecule has 1 aromatic rings. The summed E-state index contributed by atoms with van der Waals surface area (Å²) in [5, 5.41) is 2.94. The molecule has 2 aliphatic heterocycles. The van der Waals surface area contributed by atoms with E-state index < -0.39 is 5.41 Å². The lowest BCUT2D eigenvalue weighted by atomic mass is 9.81. The third kappa shape index (κ3) is 2.16. The maximum Gasteiger partial charge on any atom is 0.317 e. The highest BCUT2D eigenvalue weighted by Crippen LogP contribution is 2.46. The van der Waals surface area contributed by atoms with Gasteiger partial charge in [-0.25, -0.2) is 4.79 Å². The Kier molecular flexibility index (Phi) is 3.59. The van der Waals surface area contributed by atoms with Gasteiger partial charge in [0.25, 0.3) is 0 Å². The molecule has 1 spiro atoms. The number of carbonyl (C=O) groups is 2. The van der Waals surface area contributed by atoms with Gasteiger partial charge in [0, 0.05) is 32.4 Å². The van der Waals surface area contributed by atoms with Crippen LogP contribution in [0.2, 0.25) is 0 Å². The van der Waals surface area contributed by atoms with Crippen LogP contribution in [0, 0.1) is 5.92 Å². The summed E-state index contributed by atoms with van der Waals surface area (Å²) in [7, 11) is 1.82. The van der Waals surface area contributed by atoms with Crippen LogP contribution in [0.1, 0.15) is 25.8 Å². The first kappa shape index (κ1) is 14.9. The molecule has 1 N–H and O–H groups in total. The summed E-state index contributed by atoms with van der Waals surface area (Å²) in [6.45, 7) is 5.89. The quantitative estimate of drug-likeness (QED) is 0.908. The molecule has 3 rings (SSSR count). The number of likely N-dealkylation sites (N-methyl/N-ethyl adjacent to an activating group) is 1. The van der Waals surface area contributed by atoms with Gasteiger partial charge < -0.3 is 15.1 Å². The van der Waals surface area contributed by atoms with E-state index in [9.17, 15) is 9.59 Å². The zero-order valence-electron chi connectivity index (χ0n) is 13.4. The number of nitrogens with one attached hydrogen (secondary N) is 1. The Bertz CT molecular complexity index is 614. The Morgan fingerprint density at radius 2 is 2.09 bits per heavy atom. The second kappa shape index (κ2) is 5.30. The number of nitrogens with zero attached hydrogens (tertiary/aromatic N) is 2. The second-order valence-corrected chi connectivity index (χ2v) is 6.71. The summed E-state index contributed by atoms with van der Waals surface area (Å²) < 4.78 is 0. The first-order valence-electron chi connectivity index (χ1n) is 7.86. The lowest BCUT2D eigenvalue weighted by Crippen LogP contribution is -2.45. The first-order chi connectivity index (χ1) is 10.5. The van der Waals surface area contributed by atoms with Crippen molar-refractivity contribution in [2.75, 3.05) is 31.6 Å². The highest BCUT2D eigenvalue weighted by Gasteiger charge is 2.54. The van der Waals surface area contributed by atoms with Crippen molar-refractivity contribution in [3.05, 3.63) is 29.8 Å². The number of urea groups is 1. The van der Waals surface area contributed by atoms with Gasteiger partial charge in [-0.2, -0.15) is 0 Å². The van der Waals surface area contributed by atoms with Gasteiger partial charge in [-0.05, 0) is 24.0 Å². The zero-order valence-corrected chi connectivity index (χ0v) is 13.4. The molecule has 0 bridgehead atoms. The summed E-state index contributed by atoms with van der Waals surface area (Å²) in [4.78, 5) is 28.6. The fourth-order valence-corrected chi connectivity index (χ4v) is 3.50. The summed E-state index contributed by atoms with van der Waals surface area (Å²) in [6.07, 6.45) is 0.697. The minimum atomic E-state index is -0.555. The smallest absolute Gasteiger partial charge is 0.317 e. The molecule has 5 nitrogen and oxygen atoms in total. The number of anilines is 1. The molecule has 1 aromatic carbocycles. The number of hydrogen-bond donors (Lipinski definition) is 1. The zero-order chi connectivity index (χ0) is 15.9. The normalized spacial score (nSPS) is 23.5. The molecule has 0 aliphatic carbocycles. The molecule has 0 unspecified atom stereocenters. The van der Waals surface area contributed by atoms with E-state index in [0.29, 0.717) is 32.0 Å². The van der Waals surface area contributed by atoms with Crippen molar-refractivity contribution in [1.29, 1.82) is 0 Å². The van der Waals surface area contributed by atoms with Crippen molar-refractivity contribution in [2.24, 2.45) is 5.92 Å². The molecule has 5 heteroatoms. The summed E-state index contributed by atoms with van der Waals surface area (Å²) >= 11 is 0. The standard InChI is InChI=1S/C17H23N3O2/c1-12(2)10-18-16(22)20-9-8-17(11-20)13-6-4-5-7-14(13)19(3)15(17)21/h4-7,12H,8-11H2,1-3H3,(H,18,22)/t17-/m0/s1. The SMILES string of the molecule is CC(C)CNC(=O)N1CC[C@@]2(C1)C(=O)N(C)c1ccccc12. The van der Waals surface area contributed by atoms with Crippen LogP contribution in [0.5, 0.6) is 0 Å². The fourth-order valence-electron chi connectivity index (χ4n) is 3.50. The lowest BCUT2D eigenvalue weighted by molar-refractivity contribution is -0.122. The van der Waals surface area contributed by atoms with E-state index in [1.807, 2.05) is 31.3 Å². The van der Waals surface area contributed by atoms with Gasteiger partial charge >= 0.3 is 6.03 Å². The number of benzene rings is 1. The molecular weight excluding hydrogens is 278 g/mol. The van der Waals surface area contributed by atoms with Crippen LogP contribution in [0.15, 0.2) is 24.3 Å². The van der Waals surface area contributed by atoms with Crippen molar-refractivity contribution < 1.29 is 9.59 Å². The maximum atomic E-state index is 12.8. The minimum Gasteiger partial charge on any atom is -0.338 e. The van der Waals surface area contributed by atoms with Gasteiger partial charge in [-0.3, -0.25) is 4.79 Å². The van der Waals surface area contributed by atoms with Gasteiger partial charge in [0.1, 0.15) is 0 Å². The molecule has 118 valence electrons. The van der Waals surface area contributed by atoms with Gasteiger partial charge in [-0.1, -0.05) is 32.0 Å². The highest BCUT2D eigenvalue weighted by molar-refractivity contribution is 6.08. The summed E-state index contributed by atoms with van der Waals surface area (Å²) in [5.74, 6) is 0.522. The molecule has 0 radical (unpaired) electrons. The Balaban J connectivity index is 1.82. The van der Waals surface area contributed by atoms with Crippen LogP contribution >= 0.6 is 0 Å². The number of fused-ring (bicyclic) bond motifs is 2. The predicted molar refractivity (Wildman–Crippen MR) is 86.0 cm³/mol. The Morgan fingerprint density at radius 1 is 1.36 bits per heavy atom. The van der Waals surface area contributed by atoms with Crippen LogP contribution in [-0.2, 0) is 10.2 Å². The van der Waals surface area contributed by atoms with Crippen molar-refractivity contribution in [2.45, 2.75) is 25.7 Å². The third-order valence-corrected chi connectivity index (χ3v) is 4.71. The van der Waals surface area contributed by atoms with Crippen molar-refractivity contribution in [3.63, 3.8) is 0 Å². The summed E-state index contributed by atoms with van der Waals surface area (Å²) in [5.41, 5.74) is 1.47. The largest absolute Gasteiger partial charge is 0.338 e. The lowest BCUT2D eigenvalue weighted by Gasteiger charge is -2.24. The molecule has 2 aliphatic rings. The van der Waals surface area contributed by atoms with Crippen LogP contribution in [0.3, 0.4) is 0 Å². The number of carbonyl (C=O) groups excluding carboxylic acids is 2. The Hall–Kier alpha value is -2.04. The monoisotopic (exact) mass is 301 g/mol. The molecule has 0 aromatic heterocycles. The molecule has 1 saturated heterocycles. The fraction of sp³-hybridized carbons (Fsp3) is 0.529. The molecule has 3 amide bonds. The number of hydrogen-bond acceptors (Lipinski definition) is 2. The average Bonchev–Trinajstić information content (AvgIpc) is 3.04. The van der Waals surface area contributed by atoms with Crippen LogP contribution in [0.4, 0.5) is 10.5 Å². The number of rotatable bonds is 2. The number of para-hydroxylation sites is 1. The van der Waals surface area contributed by atoms with Crippen LogP contribution in [-0.4, -0.2) is 43.5 Å². The van der Waals surface area contributed by atoms with Gasteiger partial charge in [-0.15, -0.1) is 0 Å². The van der Waals surface area contributed by atoms with Gasteiger partial charge in [0.15, 0.2) is 0 Å². The van der Waals surface area contributed by atoms with E-state index in [2.05, 4.69) is 19.2 Å². The molecule has 1 fully saturated rings. The molecule has 22 heavy (non-hydrogen) atoms. The van der Waals surface area contributed by atoms with Crippen molar-refractivity contribution in [1.82, 2.24) is 10.2 Å². The first-order valence-corrected chi connectivity index (χ1v) is 7.86. The van der Waals surface area contributed by atoms with Crippen LogP contribution in [0.25, 0.3) is 0 Å². The minimum absolute atomic E-state index is 0.0644. The van der Waals surface area contributed by atoms with Gasteiger partial charge in [0.2, 0.25) is 5.91 Å². The second-order valence-electron chi connectivity index (χ2n) is 6.71. The van der Waals surface area contributed by atoms with E-state index in [-0.39, 0.29) is 11.9 Å². The van der Waals surface area contributed by atoms with E-state index in [1.165, 1.54) is 0 Å². The van der Waals surface area contributed by atoms with Crippen molar-refractivity contribution in [3.8, 4) is 0 Å². The number of likely N-dealkylation sites (tertiary alicyclic amines) is 1. The number of amides is 3. The maximum absolute atomic E-state index is 12.8. The molecular formula is C17H23N3O2. The average molecular weight is 301 g/mol. The Labute approximate surface area is 131 Å². The molecule has 1 atom stereocenters. The van der Waals surface area contributed by atoms with E-state index in [0.717, 1.165) is 11.3 Å². The topological polar surface area (TPSA) is 52.7 Å². The molecule has 2 heterocycles. The van der Waals surface area contributed by atoms with E-state index >= 15 is 0 Å². The van der Waals surface area contributed by atoms with E-state index in [4.69, 9.17) is 0 Å². The Morgan fingerprint density at radius 3 is 2.82 bits per heavy atom.